The van der Waals surface area contributed by atoms with Gasteiger partial charge in [0.1, 0.15) is 5.75 Å². The first-order chi connectivity index (χ1) is 15.2. The van der Waals surface area contributed by atoms with E-state index in [-0.39, 0.29) is 11.5 Å². The molecule has 10 heteroatoms. The number of carbonyl (C=O) groups excluding carboxylic acids is 2. The summed E-state index contributed by atoms with van der Waals surface area (Å²) >= 11 is 5.94. The second-order valence-electron chi connectivity index (χ2n) is 6.73. The third kappa shape index (κ3) is 7.08. The number of sulfonamides is 1. The van der Waals surface area contributed by atoms with Crippen LogP contribution < -0.4 is 15.6 Å². The van der Waals surface area contributed by atoms with E-state index in [1.807, 2.05) is 6.92 Å². The van der Waals surface area contributed by atoms with Crippen molar-refractivity contribution in [1.29, 1.82) is 0 Å². The Morgan fingerprint density at radius 1 is 1.06 bits per heavy atom. The third-order valence-electron chi connectivity index (χ3n) is 4.47. The molecule has 2 aromatic rings. The van der Waals surface area contributed by atoms with E-state index in [9.17, 15) is 18.0 Å². The molecular formula is C22H26ClN3O5S. The summed E-state index contributed by atoms with van der Waals surface area (Å²) in [4.78, 5) is 23.9. The van der Waals surface area contributed by atoms with Crippen LogP contribution in [0, 0.1) is 6.92 Å². The summed E-state index contributed by atoms with van der Waals surface area (Å²) < 4.78 is 31.7. The normalized spacial score (nSPS) is 11.5. The fourth-order valence-electron chi connectivity index (χ4n) is 2.70. The number of aryl methyl sites for hydroxylation is 1. The summed E-state index contributed by atoms with van der Waals surface area (Å²) in [6, 6.07) is 11.2. The molecular weight excluding hydrogens is 454 g/mol. The number of ether oxygens (including phenoxy) is 1. The van der Waals surface area contributed by atoms with E-state index in [2.05, 4.69) is 10.9 Å². The van der Waals surface area contributed by atoms with Crippen LogP contribution in [0.15, 0.2) is 53.4 Å². The number of benzene rings is 2. The molecule has 0 aliphatic heterocycles. The van der Waals surface area contributed by atoms with E-state index < -0.39 is 21.8 Å². The molecule has 0 bridgehead atoms. The van der Waals surface area contributed by atoms with Crippen LogP contribution >= 0.6 is 11.6 Å². The summed E-state index contributed by atoms with van der Waals surface area (Å²) in [5.74, 6) is -0.606. The number of hydrazine groups is 1. The number of carbonyl (C=O) groups is 2. The van der Waals surface area contributed by atoms with Crippen molar-refractivity contribution in [1.82, 2.24) is 15.2 Å². The SMILES string of the molecule is CCN(CC)S(=O)(=O)c1ccc(/C=C/C(=O)NNC(=O)COc2ccc(Cl)c(C)c2)cc1. The van der Waals surface area contributed by atoms with Gasteiger partial charge in [-0.15, -0.1) is 0 Å². The smallest absolute Gasteiger partial charge is 0.276 e. The summed E-state index contributed by atoms with van der Waals surface area (Å²) in [6.45, 7) is 5.86. The highest BCUT2D eigenvalue weighted by molar-refractivity contribution is 7.89. The molecule has 0 fully saturated rings. The summed E-state index contributed by atoms with van der Waals surface area (Å²) in [5, 5.41) is 0.598. The van der Waals surface area contributed by atoms with Gasteiger partial charge in [0, 0.05) is 24.2 Å². The van der Waals surface area contributed by atoms with Crippen molar-refractivity contribution in [2.75, 3.05) is 19.7 Å². The number of amides is 2. The Morgan fingerprint density at radius 3 is 2.31 bits per heavy atom. The van der Waals surface area contributed by atoms with Gasteiger partial charge >= 0.3 is 0 Å². The van der Waals surface area contributed by atoms with Gasteiger partial charge in [-0.1, -0.05) is 37.6 Å². The van der Waals surface area contributed by atoms with E-state index in [1.54, 1.807) is 44.2 Å². The van der Waals surface area contributed by atoms with Crippen LogP contribution in [-0.2, 0) is 19.6 Å². The van der Waals surface area contributed by atoms with Gasteiger partial charge in [-0.05, 0) is 54.5 Å². The third-order valence-corrected chi connectivity index (χ3v) is 6.96. The average Bonchev–Trinajstić information content (AvgIpc) is 2.78. The molecule has 2 rings (SSSR count). The second-order valence-corrected chi connectivity index (χ2v) is 9.07. The maximum absolute atomic E-state index is 12.5. The van der Waals surface area contributed by atoms with Crippen molar-refractivity contribution < 1.29 is 22.7 Å². The monoisotopic (exact) mass is 479 g/mol. The molecule has 0 atom stereocenters. The average molecular weight is 480 g/mol. The van der Waals surface area contributed by atoms with Gasteiger partial charge in [-0.3, -0.25) is 20.4 Å². The Bertz CT molecular complexity index is 1080. The molecule has 2 N–H and O–H groups in total. The Labute approximate surface area is 193 Å². The summed E-state index contributed by atoms with van der Waals surface area (Å²) in [6.07, 6.45) is 2.72. The molecule has 0 unspecified atom stereocenters. The van der Waals surface area contributed by atoms with E-state index in [0.29, 0.717) is 29.4 Å². The van der Waals surface area contributed by atoms with Crippen LogP contribution in [0.1, 0.15) is 25.0 Å². The summed E-state index contributed by atoms with van der Waals surface area (Å²) in [5.41, 5.74) is 5.94. The van der Waals surface area contributed by atoms with Gasteiger partial charge in [-0.25, -0.2) is 8.42 Å². The molecule has 0 saturated carbocycles. The zero-order chi connectivity index (χ0) is 23.7. The standard InChI is InChI=1S/C22H26ClN3O5S/c1-4-26(5-2)32(29,30)19-10-6-17(7-11-19)8-13-21(27)24-25-22(28)15-31-18-9-12-20(23)16(3)14-18/h6-14H,4-5,15H2,1-3H3,(H,24,27)(H,25,28)/b13-8+. The Kier molecular flexibility index (Phi) is 9.25. The lowest BCUT2D eigenvalue weighted by Crippen LogP contribution is -2.43. The Balaban J connectivity index is 1.84. The van der Waals surface area contributed by atoms with Gasteiger partial charge in [-0.2, -0.15) is 4.31 Å². The zero-order valence-electron chi connectivity index (χ0n) is 18.1. The van der Waals surface area contributed by atoms with Gasteiger partial charge in [0.05, 0.1) is 4.90 Å². The number of rotatable bonds is 9. The Morgan fingerprint density at radius 2 is 1.72 bits per heavy atom. The van der Waals surface area contributed by atoms with E-state index >= 15 is 0 Å². The minimum atomic E-state index is -3.53. The minimum absolute atomic E-state index is 0.186. The lowest BCUT2D eigenvalue weighted by molar-refractivity contribution is -0.128. The Hall–Kier alpha value is -2.88. The molecule has 0 spiro atoms. The van der Waals surface area contributed by atoms with Crippen LogP contribution in [0.3, 0.4) is 0 Å². The van der Waals surface area contributed by atoms with Gasteiger partial charge < -0.3 is 4.74 Å². The molecule has 0 saturated heterocycles. The number of halogens is 1. The lowest BCUT2D eigenvalue weighted by atomic mass is 10.2. The highest BCUT2D eigenvalue weighted by Gasteiger charge is 2.20. The molecule has 2 amide bonds. The maximum atomic E-state index is 12.5. The number of hydrogen-bond donors (Lipinski definition) is 2. The molecule has 8 nitrogen and oxygen atoms in total. The predicted octanol–water partition coefficient (Wildman–Crippen LogP) is 2.92. The predicted molar refractivity (Wildman–Crippen MR) is 124 cm³/mol. The second kappa shape index (κ2) is 11.7. The molecule has 0 aromatic heterocycles. The highest BCUT2D eigenvalue weighted by Crippen LogP contribution is 2.21. The molecule has 2 aromatic carbocycles. The van der Waals surface area contributed by atoms with Crippen molar-refractivity contribution in [2.45, 2.75) is 25.7 Å². The van der Waals surface area contributed by atoms with Crippen molar-refractivity contribution >= 4 is 39.5 Å². The van der Waals surface area contributed by atoms with E-state index in [1.165, 1.54) is 28.6 Å². The first-order valence-electron chi connectivity index (χ1n) is 9.93. The number of nitrogens with zero attached hydrogens (tertiary/aromatic N) is 1. The summed E-state index contributed by atoms with van der Waals surface area (Å²) in [7, 11) is -3.53. The van der Waals surface area contributed by atoms with E-state index in [4.69, 9.17) is 16.3 Å². The first-order valence-corrected chi connectivity index (χ1v) is 11.7. The molecule has 0 aliphatic rings. The topological polar surface area (TPSA) is 105 Å². The van der Waals surface area contributed by atoms with Crippen molar-refractivity contribution in [3.8, 4) is 5.75 Å². The van der Waals surface area contributed by atoms with Crippen molar-refractivity contribution in [3.05, 3.63) is 64.7 Å². The molecule has 0 heterocycles. The van der Waals surface area contributed by atoms with Crippen LogP contribution in [0.25, 0.3) is 6.08 Å². The van der Waals surface area contributed by atoms with Crippen LogP contribution in [0.4, 0.5) is 0 Å². The first kappa shape index (κ1) is 25.4. The van der Waals surface area contributed by atoms with Crippen LogP contribution in [0.5, 0.6) is 5.75 Å². The fraction of sp³-hybridized carbons (Fsp3) is 0.273. The van der Waals surface area contributed by atoms with Crippen molar-refractivity contribution in [3.63, 3.8) is 0 Å². The quantitative estimate of drug-likeness (QED) is 0.425. The highest BCUT2D eigenvalue weighted by atomic mass is 35.5. The lowest BCUT2D eigenvalue weighted by Gasteiger charge is -2.18. The molecule has 0 aliphatic carbocycles. The number of nitrogens with one attached hydrogen (secondary N) is 2. The van der Waals surface area contributed by atoms with Gasteiger partial charge in [0.15, 0.2) is 6.61 Å². The van der Waals surface area contributed by atoms with Crippen LogP contribution in [0.2, 0.25) is 5.02 Å². The molecule has 172 valence electrons. The minimum Gasteiger partial charge on any atom is -0.484 e. The van der Waals surface area contributed by atoms with Crippen molar-refractivity contribution in [2.24, 2.45) is 0 Å². The number of hydrogen-bond acceptors (Lipinski definition) is 5. The van der Waals surface area contributed by atoms with Gasteiger partial charge in [0.2, 0.25) is 10.0 Å². The maximum Gasteiger partial charge on any atom is 0.276 e. The zero-order valence-corrected chi connectivity index (χ0v) is 19.7. The van der Waals surface area contributed by atoms with E-state index in [0.717, 1.165) is 5.56 Å². The largest absolute Gasteiger partial charge is 0.484 e. The molecule has 32 heavy (non-hydrogen) atoms. The van der Waals surface area contributed by atoms with Crippen LogP contribution in [-0.4, -0.2) is 44.2 Å². The van der Waals surface area contributed by atoms with Gasteiger partial charge in [0.25, 0.3) is 11.8 Å². The fourth-order valence-corrected chi connectivity index (χ4v) is 4.28. The molecule has 0 radical (unpaired) electrons.